The second-order valence-corrected chi connectivity index (χ2v) is 9.25. The van der Waals surface area contributed by atoms with Crippen LogP contribution in [-0.2, 0) is 0 Å². The molecular formula is C30H25NS. The first-order chi connectivity index (χ1) is 15.6. The lowest BCUT2D eigenvalue weighted by Gasteiger charge is -2.19. The first kappa shape index (κ1) is 20.5. The molecule has 0 N–H and O–H groups in total. The van der Waals surface area contributed by atoms with Crippen molar-refractivity contribution >= 4 is 22.7 Å². The third-order valence-electron chi connectivity index (χ3n) is 5.79. The Morgan fingerprint density at radius 1 is 0.594 bits per heavy atom. The van der Waals surface area contributed by atoms with Gasteiger partial charge in [-0.05, 0) is 49.1 Å². The molecule has 0 bridgehead atoms. The summed E-state index contributed by atoms with van der Waals surface area (Å²) in [7, 11) is 0. The van der Waals surface area contributed by atoms with Crippen molar-refractivity contribution < 1.29 is 0 Å². The Morgan fingerprint density at radius 3 is 1.75 bits per heavy atom. The molecule has 2 heteroatoms. The summed E-state index contributed by atoms with van der Waals surface area (Å²) in [5, 5.41) is 2.23. The summed E-state index contributed by atoms with van der Waals surface area (Å²) in [6.45, 7) is 6.55. The van der Waals surface area contributed by atoms with Crippen LogP contribution in [0.2, 0.25) is 0 Å². The summed E-state index contributed by atoms with van der Waals surface area (Å²) in [4.78, 5) is 6.49. The van der Waals surface area contributed by atoms with Gasteiger partial charge in [-0.25, -0.2) is 4.98 Å². The van der Waals surface area contributed by atoms with Crippen molar-refractivity contribution in [3.63, 3.8) is 0 Å². The van der Waals surface area contributed by atoms with Gasteiger partial charge < -0.3 is 0 Å². The van der Waals surface area contributed by atoms with Gasteiger partial charge in [-0.1, -0.05) is 108 Å². The van der Waals surface area contributed by atoms with Crippen molar-refractivity contribution in [1.29, 1.82) is 0 Å². The average molecular weight is 432 g/mol. The maximum absolute atomic E-state index is 5.20. The van der Waals surface area contributed by atoms with Gasteiger partial charge in [0.25, 0.3) is 0 Å². The van der Waals surface area contributed by atoms with E-state index in [-0.39, 0.29) is 0 Å². The molecule has 5 rings (SSSR count). The van der Waals surface area contributed by atoms with Gasteiger partial charge in [0.1, 0.15) is 5.03 Å². The lowest BCUT2D eigenvalue weighted by molar-refractivity contribution is 1.15. The van der Waals surface area contributed by atoms with Crippen molar-refractivity contribution in [3.05, 3.63) is 114 Å². The zero-order valence-electron chi connectivity index (χ0n) is 18.6. The fraction of sp³-hybridized carbons (Fsp3) is 0.100. The van der Waals surface area contributed by atoms with Gasteiger partial charge in [0.05, 0.1) is 5.52 Å². The van der Waals surface area contributed by atoms with Gasteiger partial charge >= 0.3 is 0 Å². The summed E-state index contributed by atoms with van der Waals surface area (Å²) in [6, 6.07) is 34.4. The lowest BCUT2D eigenvalue weighted by atomic mass is 9.92. The fourth-order valence-electron chi connectivity index (χ4n) is 4.47. The predicted octanol–water partition coefficient (Wildman–Crippen LogP) is 8.65. The molecule has 4 aromatic carbocycles. The van der Waals surface area contributed by atoms with Crippen molar-refractivity contribution in [3.8, 4) is 22.3 Å². The van der Waals surface area contributed by atoms with Crippen molar-refractivity contribution in [1.82, 2.24) is 4.98 Å². The van der Waals surface area contributed by atoms with E-state index in [2.05, 4.69) is 118 Å². The Bertz CT molecular complexity index is 1380. The zero-order chi connectivity index (χ0) is 22.1. The van der Waals surface area contributed by atoms with E-state index in [1.54, 1.807) is 11.8 Å². The molecule has 0 fully saturated rings. The standard InChI is InChI=1S/C30H25NS/c1-20-18-21(2)29(22(3)19-20)32-30-28(24-14-8-5-9-15-24)27(23-12-6-4-7-13-23)25-16-10-11-17-26(25)31-30/h4-19H,1-3H3. The molecule has 32 heavy (non-hydrogen) atoms. The van der Waals surface area contributed by atoms with Crippen LogP contribution in [0, 0.1) is 20.8 Å². The van der Waals surface area contributed by atoms with Crippen molar-refractivity contribution in [2.75, 3.05) is 0 Å². The molecule has 0 aliphatic heterocycles. The summed E-state index contributed by atoms with van der Waals surface area (Å²) in [5.74, 6) is 0. The van der Waals surface area contributed by atoms with Gasteiger partial charge in [0.15, 0.2) is 0 Å². The van der Waals surface area contributed by atoms with E-state index >= 15 is 0 Å². The molecule has 0 atom stereocenters. The highest BCUT2D eigenvalue weighted by Gasteiger charge is 2.20. The van der Waals surface area contributed by atoms with Gasteiger partial charge in [-0.15, -0.1) is 0 Å². The molecule has 0 saturated heterocycles. The molecular weight excluding hydrogens is 406 g/mol. The predicted molar refractivity (Wildman–Crippen MR) is 137 cm³/mol. The van der Waals surface area contributed by atoms with Gasteiger partial charge in [0.2, 0.25) is 0 Å². The Balaban J connectivity index is 1.86. The van der Waals surface area contributed by atoms with Crippen molar-refractivity contribution in [2.45, 2.75) is 30.7 Å². The molecule has 0 aliphatic rings. The smallest absolute Gasteiger partial charge is 0.110 e. The monoisotopic (exact) mass is 431 g/mol. The molecule has 0 saturated carbocycles. The topological polar surface area (TPSA) is 12.9 Å². The summed E-state index contributed by atoms with van der Waals surface area (Å²) >= 11 is 1.78. The Kier molecular flexibility index (Phi) is 5.55. The third-order valence-corrected chi connectivity index (χ3v) is 7.12. The SMILES string of the molecule is Cc1cc(C)c(Sc2nc3ccccc3c(-c3ccccc3)c2-c2ccccc2)c(C)c1. The van der Waals surface area contributed by atoms with Crippen LogP contribution in [0.4, 0.5) is 0 Å². The number of para-hydroxylation sites is 1. The minimum atomic E-state index is 1.02. The molecule has 0 spiro atoms. The minimum absolute atomic E-state index is 1.02. The molecule has 0 unspecified atom stereocenters. The quantitative estimate of drug-likeness (QED) is 0.282. The van der Waals surface area contributed by atoms with E-state index in [9.17, 15) is 0 Å². The van der Waals surface area contributed by atoms with Crippen molar-refractivity contribution in [2.24, 2.45) is 0 Å². The molecule has 0 radical (unpaired) electrons. The number of aromatic nitrogens is 1. The number of pyridine rings is 1. The highest BCUT2D eigenvalue weighted by Crippen LogP contribution is 2.45. The molecule has 0 amide bonds. The molecule has 0 aliphatic carbocycles. The number of nitrogens with zero attached hydrogens (tertiary/aromatic N) is 1. The van der Waals surface area contributed by atoms with E-state index in [1.807, 2.05) is 0 Å². The maximum atomic E-state index is 5.20. The van der Waals surface area contributed by atoms with Gasteiger partial charge in [-0.3, -0.25) is 0 Å². The number of hydrogen-bond acceptors (Lipinski definition) is 2. The first-order valence-electron chi connectivity index (χ1n) is 10.9. The van der Waals surface area contributed by atoms with E-state index in [4.69, 9.17) is 4.98 Å². The van der Waals surface area contributed by atoms with Gasteiger partial charge in [-0.2, -0.15) is 0 Å². The molecule has 1 heterocycles. The largest absolute Gasteiger partial charge is 0.240 e. The van der Waals surface area contributed by atoms with Crippen LogP contribution in [0.5, 0.6) is 0 Å². The number of aryl methyl sites for hydroxylation is 3. The van der Waals surface area contributed by atoms with E-state index in [1.165, 1.54) is 49.2 Å². The summed E-state index contributed by atoms with van der Waals surface area (Å²) in [6.07, 6.45) is 0. The number of rotatable bonds is 4. The zero-order valence-corrected chi connectivity index (χ0v) is 19.4. The van der Waals surface area contributed by atoms with E-state index in [0.717, 1.165) is 10.5 Å². The Hall–Kier alpha value is -3.36. The fourth-order valence-corrected chi connectivity index (χ4v) is 5.56. The average Bonchev–Trinajstić information content (AvgIpc) is 2.81. The van der Waals surface area contributed by atoms with Crippen LogP contribution in [-0.4, -0.2) is 4.98 Å². The molecule has 156 valence electrons. The van der Waals surface area contributed by atoms with E-state index < -0.39 is 0 Å². The van der Waals surface area contributed by atoms with E-state index in [0.29, 0.717) is 0 Å². The Labute approximate surface area is 194 Å². The van der Waals surface area contributed by atoms with Crippen LogP contribution >= 0.6 is 11.8 Å². The van der Waals surface area contributed by atoms with Crippen LogP contribution in [0.15, 0.2) is 107 Å². The second kappa shape index (κ2) is 8.64. The lowest BCUT2D eigenvalue weighted by Crippen LogP contribution is -1.96. The molecule has 5 aromatic rings. The number of benzene rings is 4. The highest BCUT2D eigenvalue weighted by molar-refractivity contribution is 7.99. The number of fused-ring (bicyclic) bond motifs is 1. The Morgan fingerprint density at radius 2 is 1.12 bits per heavy atom. The summed E-state index contributed by atoms with van der Waals surface area (Å²) < 4.78 is 0. The van der Waals surface area contributed by atoms with Crippen LogP contribution in [0.1, 0.15) is 16.7 Å². The van der Waals surface area contributed by atoms with Gasteiger partial charge in [0, 0.05) is 21.4 Å². The second-order valence-electron chi connectivity index (χ2n) is 8.25. The number of hydrogen-bond donors (Lipinski definition) is 0. The normalized spacial score (nSPS) is 11.1. The molecule has 1 aromatic heterocycles. The minimum Gasteiger partial charge on any atom is -0.240 e. The molecule has 1 nitrogen and oxygen atoms in total. The van der Waals surface area contributed by atoms with Crippen LogP contribution < -0.4 is 0 Å². The first-order valence-corrected chi connectivity index (χ1v) is 11.7. The summed E-state index contributed by atoms with van der Waals surface area (Å²) in [5.41, 5.74) is 9.75. The maximum Gasteiger partial charge on any atom is 0.110 e. The van der Waals surface area contributed by atoms with Crippen LogP contribution in [0.25, 0.3) is 33.2 Å². The van der Waals surface area contributed by atoms with Crippen LogP contribution in [0.3, 0.4) is 0 Å². The third kappa shape index (κ3) is 3.83. The highest BCUT2D eigenvalue weighted by atomic mass is 32.2.